The summed E-state index contributed by atoms with van der Waals surface area (Å²) in [6.07, 6.45) is 0.102. The minimum atomic E-state index is -0.217. The molecule has 0 spiro atoms. The van der Waals surface area contributed by atoms with E-state index in [4.69, 9.17) is 20.8 Å². The number of anilines is 1. The number of halogens is 1. The Labute approximate surface area is 141 Å². The quantitative estimate of drug-likeness (QED) is 0.912. The normalized spacial score (nSPS) is 11.4. The number of rotatable bonds is 4. The van der Waals surface area contributed by atoms with E-state index in [9.17, 15) is 4.79 Å². The lowest BCUT2D eigenvalue weighted by Crippen LogP contribution is -2.15. The van der Waals surface area contributed by atoms with Crippen LogP contribution in [0.25, 0.3) is 0 Å². The van der Waals surface area contributed by atoms with E-state index >= 15 is 0 Å². The van der Waals surface area contributed by atoms with E-state index in [2.05, 4.69) is 10.3 Å². The molecule has 0 saturated carbocycles. The summed E-state index contributed by atoms with van der Waals surface area (Å²) < 4.78 is 11.0. The number of benzene rings is 1. The Bertz CT molecular complexity index is 717. The summed E-state index contributed by atoms with van der Waals surface area (Å²) in [5.74, 6) is 1.52. The second-order valence-corrected chi connectivity index (χ2v) is 6.78. The Morgan fingerprint density at radius 1 is 1.39 bits per heavy atom. The van der Waals surface area contributed by atoms with Crippen LogP contribution >= 0.6 is 11.6 Å². The molecule has 0 bridgehead atoms. The molecule has 5 nitrogen and oxygen atoms in total. The molecule has 0 radical (unpaired) electrons. The van der Waals surface area contributed by atoms with Crippen LogP contribution in [0.2, 0.25) is 5.02 Å². The minimum Gasteiger partial charge on any atom is -0.495 e. The van der Waals surface area contributed by atoms with Crippen LogP contribution in [0.15, 0.2) is 22.6 Å². The number of carbonyl (C=O) groups is 1. The van der Waals surface area contributed by atoms with Gasteiger partial charge in [-0.3, -0.25) is 4.79 Å². The monoisotopic (exact) mass is 336 g/mol. The molecular weight excluding hydrogens is 316 g/mol. The van der Waals surface area contributed by atoms with E-state index in [1.54, 1.807) is 18.2 Å². The van der Waals surface area contributed by atoms with Gasteiger partial charge in [0.15, 0.2) is 5.89 Å². The first-order valence-electron chi connectivity index (χ1n) is 7.31. The molecule has 0 aliphatic heterocycles. The first-order chi connectivity index (χ1) is 10.7. The third-order valence-electron chi connectivity index (χ3n) is 3.29. The predicted molar refractivity (Wildman–Crippen MR) is 90.3 cm³/mol. The maximum Gasteiger partial charge on any atom is 0.232 e. The van der Waals surface area contributed by atoms with Crippen molar-refractivity contribution in [2.75, 3.05) is 12.4 Å². The molecular formula is C17H21ClN2O3. The molecule has 0 unspecified atom stereocenters. The molecule has 1 N–H and O–H groups in total. The van der Waals surface area contributed by atoms with E-state index in [1.807, 2.05) is 27.7 Å². The van der Waals surface area contributed by atoms with Crippen LogP contribution in [0.1, 0.15) is 38.1 Å². The molecule has 1 aromatic carbocycles. The first kappa shape index (κ1) is 17.3. The molecule has 0 atom stereocenters. The van der Waals surface area contributed by atoms with Crippen LogP contribution in [0, 0.1) is 6.92 Å². The van der Waals surface area contributed by atoms with Crippen LogP contribution < -0.4 is 10.1 Å². The lowest BCUT2D eigenvalue weighted by molar-refractivity contribution is -0.115. The summed E-state index contributed by atoms with van der Waals surface area (Å²) in [4.78, 5) is 16.7. The Hall–Kier alpha value is -2.01. The molecule has 0 aliphatic rings. The Kier molecular flexibility index (Phi) is 5.00. The molecule has 1 aromatic heterocycles. The SMILES string of the molecule is COc1ccc(Cl)cc1NC(=O)Cc1oc(C(C)(C)C)nc1C. The smallest absolute Gasteiger partial charge is 0.232 e. The highest BCUT2D eigenvalue weighted by Gasteiger charge is 2.23. The molecule has 2 rings (SSSR count). The summed E-state index contributed by atoms with van der Waals surface area (Å²) in [6, 6.07) is 5.05. The number of methoxy groups -OCH3 is 1. The van der Waals surface area contributed by atoms with Crippen molar-refractivity contribution in [1.29, 1.82) is 0 Å². The van der Waals surface area contributed by atoms with Gasteiger partial charge in [0.2, 0.25) is 5.91 Å². The van der Waals surface area contributed by atoms with E-state index in [-0.39, 0.29) is 17.7 Å². The number of nitrogens with one attached hydrogen (secondary N) is 1. The van der Waals surface area contributed by atoms with Crippen molar-refractivity contribution in [3.63, 3.8) is 0 Å². The summed E-state index contributed by atoms with van der Waals surface area (Å²) in [7, 11) is 1.54. The lowest BCUT2D eigenvalue weighted by Gasteiger charge is -2.12. The highest BCUT2D eigenvalue weighted by Crippen LogP contribution is 2.28. The number of carbonyl (C=O) groups excluding carboxylic acids is 1. The maximum atomic E-state index is 12.3. The number of hydrogen-bond donors (Lipinski definition) is 1. The largest absolute Gasteiger partial charge is 0.495 e. The van der Waals surface area contributed by atoms with Crippen molar-refractivity contribution in [2.24, 2.45) is 0 Å². The van der Waals surface area contributed by atoms with Gasteiger partial charge in [0.05, 0.1) is 24.9 Å². The number of aryl methyl sites for hydroxylation is 1. The second kappa shape index (κ2) is 6.62. The zero-order chi connectivity index (χ0) is 17.2. The number of oxazole rings is 1. The molecule has 6 heteroatoms. The van der Waals surface area contributed by atoms with Gasteiger partial charge in [-0.1, -0.05) is 32.4 Å². The van der Waals surface area contributed by atoms with Crippen molar-refractivity contribution in [3.8, 4) is 5.75 Å². The second-order valence-electron chi connectivity index (χ2n) is 6.35. The van der Waals surface area contributed by atoms with Crippen molar-refractivity contribution < 1.29 is 13.9 Å². The molecule has 23 heavy (non-hydrogen) atoms. The van der Waals surface area contributed by atoms with Crippen molar-refractivity contribution in [3.05, 3.63) is 40.6 Å². The highest BCUT2D eigenvalue weighted by molar-refractivity contribution is 6.31. The van der Waals surface area contributed by atoms with Gasteiger partial charge in [-0.15, -0.1) is 0 Å². The van der Waals surface area contributed by atoms with Crippen molar-refractivity contribution >= 4 is 23.2 Å². The summed E-state index contributed by atoms with van der Waals surface area (Å²) >= 11 is 5.96. The topological polar surface area (TPSA) is 64.4 Å². The van der Waals surface area contributed by atoms with Gasteiger partial charge in [0.25, 0.3) is 0 Å². The average Bonchev–Trinajstić information content (AvgIpc) is 2.80. The third-order valence-corrected chi connectivity index (χ3v) is 3.53. The number of hydrogen-bond acceptors (Lipinski definition) is 4. The first-order valence-corrected chi connectivity index (χ1v) is 7.68. The fourth-order valence-electron chi connectivity index (χ4n) is 2.03. The fraction of sp³-hybridized carbons (Fsp3) is 0.412. The van der Waals surface area contributed by atoms with Gasteiger partial charge >= 0.3 is 0 Å². The Morgan fingerprint density at radius 2 is 2.09 bits per heavy atom. The van der Waals surface area contributed by atoms with Crippen LogP contribution in [0.3, 0.4) is 0 Å². The van der Waals surface area contributed by atoms with Crippen LogP contribution in [0.5, 0.6) is 5.75 Å². The number of nitrogens with zero attached hydrogens (tertiary/aromatic N) is 1. The van der Waals surface area contributed by atoms with Crippen molar-refractivity contribution in [2.45, 2.75) is 39.5 Å². The Balaban J connectivity index is 2.14. The van der Waals surface area contributed by atoms with Crippen LogP contribution in [-0.4, -0.2) is 18.0 Å². The van der Waals surface area contributed by atoms with Gasteiger partial charge in [-0.05, 0) is 25.1 Å². The van der Waals surface area contributed by atoms with E-state index in [0.717, 1.165) is 5.69 Å². The molecule has 1 heterocycles. The zero-order valence-electron chi connectivity index (χ0n) is 14.0. The van der Waals surface area contributed by atoms with E-state index < -0.39 is 0 Å². The van der Waals surface area contributed by atoms with E-state index in [1.165, 1.54) is 7.11 Å². The Morgan fingerprint density at radius 3 is 2.65 bits per heavy atom. The minimum absolute atomic E-state index is 0.102. The molecule has 1 amide bonds. The maximum absolute atomic E-state index is 12.3. The molecule has 124 valence electrons. The lowest BCUT2D eigenvalue weighted by atomic mass is 9.97. The molecule has 2 aromatic rings. The summed E-state index contributed by atoms with van der Waals surface area (Å²) in [6.45, 7) is 7.87. The number of amides is 1. The van der Waals surface area contributed by atoms with E-state index in [0.29, 0.717) is 28.1 Å². The number of ether oxygens (including phenoxy) is 1. The van der Waals surface area contributed by atoms with Gasteiger partial charge in [-0.25, -0.2) is 4.98 Å². The highest BCUT2D eigenvalue weighted by atomic mass is 35.5. The molecule has 0 aliphatic carbocycles. The van der Waals surface area contributed by atoms with Gasteiger partial charge < -0.3 is 14.5 Å². The van der Waals surface area contributed by atoms with Gasteiger partial charge in [-0.2, -0.15) is 0 Å². The summed E-state index contributed by atoms with van der Waals surface area (Å²) in [5, 5.41) is 3.31. The van der Waals surface area contributed by atoms with Gasteiger partial charge in [0, 0.05) is 10.4 Å². The van der Waals surface area contributed by atoms with Gasteiger partial charge in [0.1, 0.15) is 11.5 Å². The number of aromatic nitrogens is 1. The third kappa shape index (κ3) is 4.26. The average molecular weight is 337 g/mol. The predicted octanol–water partition coefficient (Wildman–Crippen LogP) is 4.12. The van der Waals surface area contributed by atoms with Crippen molar-refractivity contribution in [1.82, 2.24) is 4.98 Å². The van der Waals surface area contributed by atoms with Crippen LogP contribution in [0.4, 0.5) is 5.69 Å². The fourth-order valence-corrected chi connectivity index (χ4v) is 2.20. The molecule has 0 fully saturated rings. The zero-order valence-corrected chi connectivity index (χ0v) is 14.7. The standard InChI is InChI=1S/C17H21ClN2O3/c1-10-14(23-16(19-10)17(2,3)4)9-15(21)20-12-8-11(18)6-7-13(12)22-5/h6-8H,9H2,1-5H3,(H,20,21). The van der Waals surface area contributed by atoms with Crippen LogP contribution in [-0.2, 0) is 16.6 Å². The molecule has 0 saturated heterocycles. The summed E-state index contributed by atoms with van der Waals surface area (Å²) in [5.41, 5.74) is 1.05.